The lowest BCUT2D eigenvalue weighted by molar-refractivity contribution is 0.0991. The average Bonchev–Trinajstić information content (AvgIpc) is 2.39. The zero-order chi connectivity index (χ0) is 13.0. The molecule has 92 valence electrons. The lowest BCUT2D eigenvalue weighted by Crippen LogP contribution is -2.05. The molecule has 2 aromatic heterocycles. The van der Waals surface area contributed by atoms with Crippen molar-refractivity contribution >= 4 is 21.7 Å². The highest BCUT2D eigenvalue weighted by atomic mass is 79.9. The summed E-state index contributed by atoms with van der Waals surface area (Å²) in [6.07, 6.45) is 6.32. The fraction of sp³-hybridized carbons (Fsp3) is 0.214. The fourth-order valence-electron chi connectivity index (χ4n) is 1.60. The summed E-state index contributed by atoms with van der Waals surface area (Å²) in [5, 5.41) is 0. The van der Waals surface area contributed by atoms with Gasteiger partial charge in [-0.25, -0.2) is 0 Å². The van der Waals surface area contributed by atoms with Crippen molar-refractivity contribution in [2.45, 2.75) is 19.8 Å². The maximum atomic E-state index is 12.0. The summed E-state index contributed by atoms with van der Waals surface area (Å²) in [6, 6.07) is 5.69. The Hall–Kier alpha value is -1.55. The summed E-state index contributed by atoms with van der Waals surface area (Å²) in [4.78, 5) is 20.3. The number of carbonyl (C=O) groups is 1. The van der Waals surface area contributed by atoms with Crippen molar-refractivity contribution in [1.82, 2.24) is 9.97 Å². The maximum Gasteiger partial charge on any atom is 0.170 e. The molecule has 2 heterocycles. The van der Waals surface area contributed by atoms with E-state index in [0.717, 1.165) is 16.6 Å². The summed E-state index contributed by atoms with van der Waals surface area (Å²) in [6.45, 7) is 2.08. The van der Waals surface area contributed by atoms with Gasteiger partial charge in [0.15, 0.2) is 5.78 Å². The molecule has 0 fully saturated rings. The van der Waals surface area contributed by atoms with Crippen LogP contribution in [0.25, 0.3) is 0 Å². The van der Waals surface area contributed by atoms with E-state index in [-0.39, 0.29) is 5.78 Å². The number of Topliss-reactive ketones (excluding diaryl/α,β-unsaturated/α-hetero) is 1. The molecule has 0 saturated heterocycles. The van der Waals surface area contributed by atoms with Gasteiger partial charge in [-0.3, -0.25) is 14.8 Å². The molecule has 2 aromatic rings. The van der Waals surface area contributed by atoms with Gasteiger partial charge in [0.2, 0.25) is 0 Å². The second kappa shape index (κ2) is 5.87. The van der Waals surface area contributed by atoms with E-state index in [2.05, 4.69) is 32.8 Å². The Bertz CT molecular complexity index is 552. The van der Waals surface area contributed by atoms with Crippen LogP contribution in [0.3, 0.4) is 0 Å². The molecule has 3 nitrogen and oxygen atoms in total. The Labute approximate surface area is 114 Å². The number of ketones is 1. The third-order valence-corrected chi connectivity index (χ3v) is 3.10. The largest absolute Gasteiger partial charge is 0.294 e. The number of pyridine rings is 2. The number of hydrogen-bond acceptors (Lipinski definition) is 3. The molecule has 0 N–H and O–H groups in total. The Balaban J connectivity index is 2.11. The van der Waals surface area contributed by atoms with Gasteiger partial charge in [0, 0.05) is 34.3 Å². The summed E-state index contributed by atoms with van der Waals surface area (Å²) < 4.78 is 0.808. The molecule has 2 rings (SSSR count). The van der Waals surface area contributed by atoms with Crippen LogP contribution in [0.4, 0.5) is 0 Å². The molecule has 0 unspecified atom stereocenters. The minimum absolute atomic E-state index is 0.0283. The lowest BCUT2D eigenvalue weighted by Gasteiger charge is -2.02. The molecule has 0 saturated carbocycles. The first-order chi connectivity index (χ1) is 8.69. The average molecular weight is 305 g/mol. The quantitative estimate of drug-likeness (QED) is 0.815. The zero-order valence-electron chi connectivity index (χ0n) is 10.1. The van der Waals surface area contributed by atoms with Crippen LogP contribution in [0.1, 0.15) is 28.5 Å². The molecule has 0 aromatic carbocycles. The van der Waals surface area contributed by atoms with Crippen LogP contribution in [0, 0.1) is 0 Å². The second-order valence-corrected chi connectivity index (χ2v) is 4.92. The number of hydrogen-bond donors (Lipinski definition) is 0. The molecule has 0 aliphatic rings. The van der Waals surface area contributed by atoms with Crippen molar-refractivity contribution < 1.29 is 4.79 Å². The number of halogens is 1. The first-order valence-corrected chi connectivity index (χ1v) is 6.56. The fourth-order valence-corrected chi connectivity index (χ4v) is 1.96. The predicted molar refractivity (Wildman–Crippen MR) is 73.6 cm³/mol. The van der Waals surface area contributed by atoms with Gasteiger partial charge in [0.1, 0.15) is 0 Å². The minimum atomic E-state index is 0.0283. The minimum Gasteiger partial charge on any atom is -0.294 e. The number of rotatable bonds is 4. The van der Waals surface area contributed by atoms with E-state index in [0.29, 0.717) is 12.0 Å². The molecule has 0 aliphatic carbocycles. The van der Waals surface area contributed by atoms with Gasteiger partial charge in [-0.2, -0.15) is 0 Å². The summed E-state index contributed by atoms with van der Waals surface area (Å²) >= 11 is 3.30. The molecule has 4 heteroatoms. The highest BCUT2D eigenvalue weighted by Crippen LogP contribution is 2.12. The van der Waals surface area contributed by atoms with Crippen LogP contribution >= 0.6 is 15.9 Å². The van der Waals surface area contributed by atoms with E-state index in [9.17, 15) is 4.79 Å². The van der Waals surface area contributed by atoms with Gasteiger partial charge in [-0.15, -0.1) is 0 Å². The van der Waals surface area contributed by atoms with E-state index >= 15 is 0 Å². The maximum absolute atomic E-state index is 12.0. The zero-order valence-corrected chi connectivity index (χ0v) is 11.6. The van der Waals surface area contributed by atoms with Crippen molar-refractivity contribution in [2.24, 2.45) is 0 Å². The molecule has 0 amide bonds. The monoisotopic (exact) mass is 304 g/mol. The van der Waals surface area contributed by atoms with E-state index < -0.39 is 0 Å². The molecule has 0 aliphatic heterocycles. The molecule has 0 bridgehead atoms. The van der Waals surface area contributed by atoms with Crippen molar-refractivity contribution in [3.05, 3.63) is 58.1 Å². The smallest absolute Gasteiger partial charge is 0.170 e. The van der Waals surface area contributed by atoms with Crippen LogP contribution in [0.5, 0.6) is 0 Å². The Kier molecular flexibility index (Phi) is 4.20. The van der Waals surface area contributed by atoms with Gasteiger partial charge in [0.05, 0.1) is 6.42 Å². The first kappa shape index (κ1) is 12.9. The molecule has 0 atom stereocenters. The number of aromatic nitrogens is 2. The lowest BCUT2D eigenvalue weighted by atomic mass is 10.1. The third-order valence-electron chi connectivity index (χ3n) is 2.66. The molecule has 0 spiro atoms. The molecule has 0 radical (unpaired) electrons. The van der Waals surface area contributed by atoms with Crippen LogP contribution in [-0.4, -0.2) is 15.8 Å². The Morgan fingerprint density at radius 1 is 1.28 bits per heavy atom. The van der Waals surface area contributed by atoms with Gasteiger partial charge in [0.25, 0.3) is 0 Å². The predicted octanol–water partition coefficient (Wildman–Crippen LogP) is 3.23. The van der Waals surface area contributed by atoms with Crippen LogP contribution < -0.4 is 0 Å². The molecule has 18 heavy (non-hydrogen) atoms. The van der Waals surface area contributed by atoms with Gasteiger partial charge in [-0.05, 0) is 40.0 Å². The molecular weight excluding hydrogens is 292 g/mol. The SMILES string of the molecule is CCc1ccc(CC(=O)c2cncc(Br)c2)nc1. The van der Waals surface area contributed by atoms with Crippen LogP contribution in [0.2, 0.25) is 0 Å². The van der Waals surface area contributed by atoms with Gasteiger partial charge >= 0.3 is 0 Å². The topological polar surface area (TPSA) is 42.9 Å². The second-order valence-electron chi connectivity index (χ2n) is 4.00. The summed E-state index contributed by atoms with van der Waals surface area (Å²) in [7, 11) is 0. The van der Waals surface area contributed by atoms with E-state index in [4.69, 9.17) is 0 Å². The van der Waals surface area contributed by atoms with Crippen molar-refractivity contribution in [3.63, 3.8) is 0 Å². The molecular formula is C14H13BrN2O. The van der Waals surface area contributed by atoms with E-state index in [1.165, 1.54) is 5.56 Å². The summed E-state index contributed by atoms with van der Waals surface area (Å²) in [5.41, 5.74) is 2.57. The first-order valence-electron chi connectivity index (χ1n) is 5.76. The van der Waals surface area contributed by atoms with Gasteiger partial charge < -0.3 is 0 Å². The number of carbonyl (C=O) groups excluding carboxylic acids is 1. The van der Waals surface area contributed by atoms with Crippen LogP contribution in [-0.2, 0) is 12.8 Å². The van der Waals surface area contributed by atoms with E-state index in [1.807, 2.05) is 18.3 Å². The van der Waals surface area contributed by atoms with Crippen molar-refractivity contribution in [3.8, 4) is 0 Å². The van der Waals surface area contributed by atoms with Crippen molar-refractivity contribution in [2.75, 3.05) is 0 Å². The Morgan fingerprint density at radius 2 is 2.11 bits per heavy atom. The standard InChI is InChI=1S/C14H13BrN2O/c1-2-10-3-4-13(17-7-10)6-14(18)11-5-12(15)9-16-8-11/h3-5,7-9H,2,6H2,1H3. The number of nitrogens with zero attached hydrogens (tertiary/aromatic N) is 2. The Morgan fingerprint density at radius 3 is 2.72 bits per heavy atom. The highest BCUT2D eigenvalue weighted by molar-refractivity contribution is 9.10. The number of aryl methyl sites for hydroxylation is 1. The van der Waals surface area contributed by atoms with Crippen molar-refractivity contribution in [1.29, 1.82) is 0 Å². The summed E-state index contributed by atoms with van der Waals surface area (Å²) in [5.74, 6) is 0.0283. The highest BCUT2D eigenvalue weighted by Gasteiger charge is 2.08. The van der Waals surface area contributed by atoms with Gasteiger partial charge in [-0.1, -0.05) is 13.0 Å². The van der Waals surface area contributed by atoms with Crippen LogP contribution in [0.15, 0.2) is 41.3 Å². The third kappa shape index (κ3) is 3.23. The van der Waals surface area contributed by atoms with E-state index in [1.54, 1.807) is 18.5 Å². The normalized spacial score (nSPS) is 10.3.